The van der Waals surface area contributed by atoms with Gasteiger partial charge in [-0.25, -0.2) is 0 Å². The lowest BCUT2D eigenvalue weighted by atomic mass is 9.97. The van der Waals surface area contributed by atoms with Crippen LogP contribution in [0.1, 0.15) is 19.3 Å². The predicted octanol–water partition coefficient (Wildman–Crippen LogP) is 4.05. The van der Waals surface area contributed by atoms with Gasteiger partial charge >= 0.3 is 29.9 Å². The Balaban J connectivity index is 2.74. The SMILES string of the molecule is CN(CCN1CCOCC1)C(=O)C(F)(F)CC(F)(F)C(F)(F)CCC(F)(F)C(F)(F)F. The molecule has 0 bridgehead atoms. The third-order valence-corrected chi connectivity index (χ3v) is 4.66. The standard InChI is InChI=1S/C16H21F11N2O2/c1-28(4-5-29-6-8-31-9-7-29)11(30)12(17,18)10-15(23,24)13(19,20)2-3-14(21,22)16(25,26)27/h2-10H2,1H3. The Bertz CT molecular complexity index is 605. The van der Waals surface area contributed by atoms with E-state index in [0.29, 0.717) is 31.2 Å². The van der Waals surface area contributed by atoms with Crippen molar-refractivity contribution in [2.75, 3.05) is 46.4 Å². The van der Waals surface area contributed by atoms with Crippen molar-refractivity contribution in [3.63, 3.8) is 0 Å². The summed E-state index contributed by atoms with van der Waals surface area (Å²) in [6.45, 7) is 1.26. The number of carbonyl (C=O) groups is 1. The number of halogens is 11. The number of rotatable bonds is 10. The van der Waals surface area contributed by atoms with Gasteiger partial charge in [0.1, 0.15) is 0 Å². The molecule has 0 aromatic rings. The zero-order valence-corrected chi connectivity index (χ0v) is 16.2. The molecule has 1 rings (SSSR count). The van der Waals surface area contributed by atoms with Crippen LogP contribution in [-0.4, -0.2) is 92.0 Å². The van der Waals surface area contributed by atoms with Gasteiger partial charge in [-0.2, -0.15) is 48.3 Å². The Hall–Kier alpha value is -1.38. The quantitative estimate of drug-likeness (QED) is 0.441. The number of nitrogens with zero attached hydrogens (tertiary/aromatic N) is 2. The third-order valence-electron chi connectivity index (χ3n) is 4.66. The van der Waals surface area contributed by atoms with Crippen molar-refractivity contribution < 1.29 is 57.8 Å². The van der Waals surface area contributed by atoms with E-state index in [1.165, 1.54) is 0 Å². The minimum Gasteiger partial charge on any atom is -0.379 e. The topological polar surface area (TPSA) is 32.8 Å². The van der Waals surface area contributed by atoms with Gasteiger partial charge in [0, 0.05) is 46.1 Å². The molecule has 0 atom stereocenters. The van der Waals surface area contributed by atoms with Gasteiger partial charge < -0.3 is 9.64 Å². The number of amides is 1. The number of hydrogen-bond donors (Lipinski definition) is 0. The van der Waals surface area contributed by atoms with Crippen LogP contribution in [-0.2, 0) is 9.53 Å². The molecule has 1 amide bonds. The summed E-state index contributed by atoms with van der Waals surface area (Å²) in [5.74, 6) is -24.3. The summed E-state index contributed by atoms with van der Waals surface area (Å²) in [6, 6.07) is 0. The molecule has 0 aliphatic carbocycles. The first-order chi connectivity index (χ1) is 13.8. The highest BCUT2D eigenvalue weighted by Gasteiger charge is 2.65. The molecule has 1 heterocycles. The van der Waals surface area contributed by atoms with Crippen molar-refractivity contribution in [2.24, 2.45) is 0 Å². The highest BCUT2D eigenvalue weighted by atomic mass is 19.4. The van der Waals surface area contributed by atoms with E-state index in [4.69, 9.17) is 4.74 Å². The number of likely N-dealkylation sites (N-methyl/N-ethyl adjacent to an activating group) is 1. The first-order valence-corrected chi connectivity index (χ1v) is 8.96. The predicted molar refractivity (Wildman–Crippen MR) is 84.6 cm³/mol. The Morgan fingerprint density at radius 1 is 0.839 bits per heavy atom. The Kier molecular flexibility index (Phi) is 8.59. The fraction of sp³-hybridized carbons (Fsp3) is 0.938. The molecule has 31 heavy (non-hydrogen) atoms. The van der Waals surface area contributed by atoms with E-state index in [-0.39, 0.29) is 13.1 Å². The fourth-order valence-electron chi connectivity index (χ4n) is 2.62. The van der Waals surface area contributed by atoms with Gasteiger partial charge in [-0.15, -0.1) is 0 Å². The molecule has 4 nitrogen and oxygen atoms in total. The number of hydrogen-bond acceptors (Lipinski definition) is 3. The van der Waals surface area contributed by atoms with E-state index in [2.05, 4.69) is 0 Å². The van der Waals surface area contributed by atoms with E-state index in [1.807, 2.05) is 0 Å². The molecule has 0 N–H and O–H groups in total. The van der Waals surface area contributed by atoms with Crippen LogP contribution in [0.4, 0.5) is 48.3 Å². The highest BCUT2D eigenvalue weighted by molar-refractivity contribution is 5.83. The maximum absolute atomic E-state index is 14.0. The van der Waals surface area contributed by atoms with Crippen molar-refractivity contribution in [3.8, 4) is 0 Å². The van der Waals surface area contributed by atoms with Crippen LogP contribution in [0.3, 0.4) is 0 Å². The molecule has 0 saturated carbocycles. The number of alkyl halides is 11. The summed E-state index contributed by atoms with van der Waals surface area (Å²) in [4.78, 5) is 13.8. The van der Waals surface area contributed by atoms with Crippen molar-refractivity contribution in [1.29, 1.82) is 0 Å². The van der Waals surface area contributed by atoms with Crippen LogP contribution < -0.4 is 0 Å². The molecule has 0 unspecified atom stereocenters. The van der Waals surface area contributed by atoms with Crippen molar-refractivity contribution in [2.45, 2.75) is 49.1 Å². The Morgan fingerprint density at radius 2 is 1.32 bits per heavy atom. The van der Waals surface area contributed by atoms with E-state index in [1.54, 1.807) is 4.90 Å². The second kappa shape index (κ2) is 9.63. The van der Waals surface area contributed by atoms with E-state index < -0.39 is 55.0 Å². The molecule has 184 valence electrons. The lowest BCUT2D eigenvalue weighted by molar-refractivity contribution is -0.296. The summed E-state index contributed by atoms with van der Waals surface area (Å²) < 4.78 is 149. The molecule has 1 fully saturated rings. The maximum Gasteiger partial charge on any atom is 0.453 e. The van der Waals surface area contributed by atoms with Crippen LogP contribution in [0.5, 0.6) is 0 Å². The molecular formula is C16H21F11N2O2. The van der Waals surface area contributed by atoms with E-state index in [0.717, 1.165) is 7.05 Å². The molecule has 15 heteroatoms. The molecule has 0 aromatic heterocycles. The molecule has 0 aromatic carbocycles. The van der Waals surface area contributed by atoms with Crippen molar-refractivity contribution >= 4 is 5.91 Å². The molecule has 0 radical (unpaired) electrons. The lowest BCUT2D eigenvalue weighted by Gasteiger charge is -2.32. The molecule has 1 saturated heterocycles. The number of ether oxygens (including phenoxy) is 1. The van der Waals surface area contributed by atoms with E-state index in [9.17, 15) is 53.1 Å². The van der Waals surface area contributed by atoms with Gasteiger partial charge in [-0.3, -0.25) is 9.69 Å². The van der Waals surface area contributed by atoms with Crippen LogP contribution in [0.2, 0.25) is 0 Å². The molecular weight excluding hydrogens is 461 g/mol. The average molecular weight is 482 g/mol. The second-order valence-electron chi connectivity index (χ2n) is 7.17. The molecule has 1 aliphatic heterocycles. The van der Waals surface area contributed by atoms with Crippen molar-refractivity contribution in [3.05, 3.63) is 0 Å². The summed E-state index contributed by atoms with van der Waals surface area (Å²) in [5, 5.41) is 0. The van der Waals surface area contributed by atoms with Gasteiger partial charge in [-0.1, -0.05) is 0 Å². The number of carbonyl (C=O) groups excluding carboxylic acids is 1. The highest BCUT2D eigenvalue weighted by Crippen LogP contribution is 2.48. The maximum atomic E-state index is 14.0. The van der Waals surface area contributed by atoms with Crippen molar-refractivity contribution in [1.82, 2.24) is 9.80 Å². The summed E-state index contributed by atoms with van der Waals surface area (Å²) in [6.07, 6.45) is -14.8. The Labute approximate surface area is 170 Å². The minimum atomic E-state index is -6.28. The normalized spacial score (nSPS) is 17.7. The molecule has 0 spiro atoms. The van der Waals surface area contributed by atoms with Crippen LogP contribution >= 0.6 is 0 Å². The van der Waals surface area contributed by atoms with Gasteiger partial charge in [-0.05, 0) is 0 Å². The lowest BCUT2D eigenvalue weighted by Crippen LogP contribution is -2.52. The molecule has 1 aliphatic rings. The van der Waals surface area contributed by atoms with Gasteiger partial charge in [0.2, 0.25) is 0 Å². The monoisotopic (exact) mass is 482 g/mol. The van der Waals surface area contributed by atoms with Crippen LogP contribution in [0.15, 0.2) is 0 Å². The van der Waals surface area contributed by atoms with E-state index >= 15 is 0 Å². The third kappa shape index (κ3) is 7.32. The second-order valence-corrected chi connectivity index (χ2v) is 7.17. The summed E-state index contributed by atoms with van der Waals surface area (Å²) >= 11 is 0. The van der Waals surface area contributed by atoms with Gasteiger partial charge in [0.05, 0.1) is 19.6 Å². The van der Waals surface area contributed by atoms with Crippen LogP contribution in [0.25, 0.3) is 0 Å². The van der Waals surface area contributed by atoms with Crippen LogP contribution in [0, 0.1) is 0 Å². The summed E-state index contributed by atoms with van der Waals surface area (Å²) in [7, 11) is 0.830. The van der Waals surface area contributed by atoms with Gasteiger partial charge in [0.15, 0.2) is 0 Å². The first-order valence-electron chi connectivity index (χ1n) is 8.96. The largest absolute Gasteiger partial charge is 0.453 e. The zero-order chi connectivity index (χ0) is 24.3. The minimum absolute atomic E-state index is 0.0702. The van der Waals surface area contributed by atoms with Gasteiger partial charge in [0.25, 0.3) is 5.91 Å². The Morgan fingerprint density at radius 3 is 1.81 bits per heavy atom. The summed E-state index contributed by atoms with van der Waals surface area (Å²) in [5.41, 5.74) is 0. The fourth-order valence-corrected chi connectivity index (χ4v) is 2.62. The first kappa shape index (κ1) is 27.7. The zero-order valence-electron chi connectivity index (χ0n) is 16.2. The number of morpholine rings is 1. The smallest absolute Gasteiger partial charge is 0.379 e. The average Bonchev–Trinajstić information content (AvgIpc) is 2.63.